The van der Waals surface area contributed by atoms with Crippen molar-refractivity contribution in [2.24, 2.45) is 4.99 Å². The molecule has 8 rings (SSSR count). The van der Waals surface area contributed by atoms with E-state index in [0.717, 1.165) is 40.6 Å². The summed E-state index contributed by atoms with van der Waals surface area (Å²) in [6.45, 7) is 3.43. The number of benzene rings is 5. The second kappa shape index (κ2) is 15.7. The summed E-state index contributed by atoms with van der Waals surface area (Å²) in [5, 5.41) is 33.6. The van der Waals surface area contributed by atoms with Crippen LogP contribution < -0.4 is 15.5 Å². The van der Waals surface area contributed by atoms with Crippen LogP contribution in [0.2, 0.25) is 5.02 Å². The summed E-state index contributed by atoms with van der Waals surface area (Å²) < 4.78 is 7.54. The number of rotatable bonds is 9. The van der Waals surface area contributed by atoms with E-state index in [1.165, 1.54) is 5.56 Å². The third-order valence-electron chi connectivity index (χ3n) is 10.8. The predicted octanol–water partition coefficient (Wildman–Crippen LogP) is 5.69. The molecule has 0 saturated carbocycles. The third kappa shape index (κ3) is 7.43. The zero-order valence-corrected chi connectivity index (χ0v) is 31.8. The van der Waals surface area contributed by atoms with Gasteiger partial charge in [0.25, 0.3) is 5.91 Å². The number of hydrogen-bond acceptors (Lipinski definition) is 8. The minimum Gasteiger partial charge on any atom is -0.497 e. The largest absolute Gasteiger partial charge is 0.497 e. The minimum atomic E-state index is -1.61. The molecule has 0 spiro atoms. The second-order valence-corrected chi connectivity index (χ2v) is 14.7. The first-order valence-corrected chi connectivity index (χ1v) is 19.0. The lowest BCUT2D eigenvalue weighted by molar-refractivity contribution is -0.121. The molecule has 0 bridgehead atoms. The van der Waals surface area contributed by atoms with E-state index in [4.69, 9.17) is 21.3 Å². The van der Waals surface area contributed by atoms with Crippen molar-refractivity contribution in [2.75, 3.05) is 20.2 Å². The highest BCUT2D eigenvalue weighted by Gasteiger charge is 2.31. The van der Waals surface area contributed by atoms with Crippen molar-refractivity contribution < 1.29 is 24.4 Å². The van der Waals surface area contributed by atoms with Gasteiger partial charge < -0.3 is 25.0 Å². The molecule has 1 saturated heterocycles. The fourth-order valence-electron chi connectivity index (χ4n) is 7.81. The summed E-state index contributed by atoms with van der Waals surface area (Å²) in [7, 11) is 0.0157. The van der Waals surface area contributed by atoms with Gasteiger partial charge in [-0.1, -0.05) is 78.3 Å². The topological polar surface area (TPSA) is 142 Å². The summed E-state index contributed by atoms with van der Waals surface area (Å²) in [5.74, 6) is 1.97. The number of halogens is 1. The summed E-state index contributed by atoms with van der Waals surface area (Å²) in [5.41, 5.74) is 6.28. The van der Waals surface area contributed by atoms with Crippen LogP contribution in [0.25, 0.3) is 16.5 Å². The maximum absolute atomic E-state index is 13.7. The molecule has 1 aromatic heterocycles. The average molecular weight is 767 g/mol. The number of ether oxygens (including phenoxy) is 1. The van der Waals surface area contributed by atoms with Crippen LogP contribution in [0.4, 0.5) is 0 Å². The zero-order valence-electron chi connectivity index (χ0n) is 31.0. The summed E-state index contributed by atoms with van der Waals surface area (Å²) in [6.07, 6.45) is 1.67. The lowest BCUT2D eigenvalue weighted by Crippen LogP contribution is -2.38. The number of nitrogens with zero attached hydrogens (tertiary/aromatic N) is 5. The lowest BCUT2D eigenvalue weighted by Gasteiger charge is -2.32. The molecule has 0 unspecified atom stereocenters. The molecular weight excluding hydrogens is 727 g/mol. The number of piperidine rings is 1. The number of likely N-dealkylation sites (tertiary alicyclic amines) is 1. The standard InChI is InChI=1S/C43H40BClN6O5/c1-26-48-49-42-38(47-41(30-10-13-33(45)14-11-30)37-23-34(56-2)15-16-39(37)51(26)42)24-40(52)46-25-27-5-3-7-31(21-27)28-17-19-50(20-18-28)43(53)35-8-4-6-29-9-12-32(44(54)55)22-36(29)35/h3-16,21-23,28,38,54-55H,17-20,24-25H2,1-2H3,(H,46,52)/t38-/m0/s1. The maximum Gasteiger partial charge on any atom is 0.488 e. The molecule has 2 aliphatic rings. The molecule has 13 heteroatoms. The van der Waals surface area contributed by atoms with E-state index in [9.17, 15) is 19.6 Å². The molecule has 282 valence electrons. The summed E-state index contributed by atoms with van der Waals surface area (Å²) >= 11 is 6.25. The predicted molar refractivity (Wildman–Crippen MR) is 217 cm³/mol. The number of methoxy groups -OCH3 is 1. The Kier molecular flexibility index (Phi) is 10.4. The van der Waals surface area contributed by atoms with Gasteiger partial charge in [-0.05, 0) is 89.4 Å². The number of nitrogens with one attached hydrogen (secondary N) is 1. The number of carbonyl (C=O) groups excluding carboxylic acids is 2. The number of fused-ring (bicyclic) bond motifs is 4. The number of aliphatic imine (C=N–C) groups is 1. The van der Waals surface area contributed by atoms with Gasteiger partial charge in [0.2, 0.25) is 5.91 Å². The lowest BCUT2D eigenvalue weighted by atomic mass is 9.79. The second-order valence-electron chi connectivity index (χ2n) is 14.3. The summed E-state index contributed by atoms with van der Waals surface area (Å²) in [6, 6.07) is 31.6. The number of amides is 2. The van der Waals surface area contributed by atoms with E-state index in [-0.39, 0.29) is 24.2 Å². The Morgan fingerprint density at radius 2 is 1.71 bits per heavy atom. The first-order chi connectivity index (χ1) is 27.2. The Balaban J connectivity index is 0.953. The van der Waals surface area contributed by atoms with Gasteiger partial charge in [0, 0.05) is 41.3 Å². The fraction of sp³-hybridized carbons (Fsp3) is 0.233. The Morgan fingerprint density at radius 1 is 0.929 bits per heavy atom. The van der Waals surface area contributed by atoms with E-state index in [1.807, 2.05) is 83.1 Å². The molecule has 3 N–H and O–H groups in total. The number of aromatic nitrogens is 3. The Labute approximate surface area is 329 Å². The van der Waals surface area contributed by atoms with Crippen molar-refractivity contribution in [2.45, 2.75) is 44.7 Å². The van der Waals surface area contributed by atoms with Crippen LogP contribution in [0.1, 0.15) is 75.5 Å². The van der Waals surface area contributed by atoms with Crippen LogP contribution in [0.15, 0.2) is 108 Å². The first kappa shape index (κ1) is 37.1. The molecule has 56 heavy (non-hydrogen) atoms. The van der Waals surface area contributed by atoms with E-state index in [1.54, 1.807) is 31.4 Å². The number of hydrogen-bond donors (Lipinski definition) is 3. The quantitative estimate of drug-likeness (QED) is 0.161. The van der Waals surface area contributed by atoms with Gasteiger partial charge >= 0.3 is 7.12 Å². The molecule has 0 radical (unpaired) electrons. The maximum atomic E-state index is 13.7. The van der Waals surface area contributed by atoms with Crippen molar-refractivity contribution in [1.29, 1.82) is 0 Å². The zero-order chi connectivity index (χ0) is 38.9. The molecule has 2 aliphatic heterocycles. The average Bonchev–Trinajstić information content (AvgIpc) is 3.55. The molecule has 5 aromatic carbocycles. The molecule has 11 nitrogen and oxygen atoms in total. The van der Waals surface area contributed by atoms with E-state index >= 15 is 0 Å². The third-order valence-corrected chi connectivity index (χ3v) is 11.0. The Morgan fingerprint density at radius 3 is 2.48 bits per heavy atom. The molecule has 1 atom stereocenters. The van der Waals surface area contributed by atoms with Crippen molar-refractivity contribution >= 4 is 52.5 Å². The van der Waals surface area contributed by atoms with Gasteiger partial charge in [0.15, 0.2) is 5.82 Å². The molecule has 1 fully saturated rings. The highest BCUT2D eigenvalue weighted by Crippen LogP contribution is 2.35. The minimum absolute atomic E-state index is 0.0606. The van der Waals surface area contributed by atoms with Crippen LogP contribution in [-0.4, -0.2) is 74.6 Å². The SMILES string of the molecule is COc1ccc2c(c1)C(c1ccc(Cl)cc1)=N[C@@H](CC(=O)NCc1cccc(C3CCN(C(=O)c4cccc5ccc(B(O)O)cc45)CC3)c1)c1nnc(C)n1-2. The van der Waals surface area contributed by atoms with E-state index in [2.05, 4.69) is 27.6 Å². The van der Waals surface area contributed by atoms with Gasteiger partial charge in [0.05, 0.1) is 24.9 Å². The van der Waals surface area contributed by atoms with Gasteiger partial charge in [-0.3, -0.25) is 19.1 Å². The monoisotopic (exact) mass is 766 g/mol. The highest BCUT2D eigenvalue weighted by atomic mass is 35.5. The van der Waals surface area contributed by atoms with Crippen LogP contribution >= 0.6 is 11.6 Å². The Bertz CT molecular complexity index is 2480. The molecule has 2 amide bonds. The van der Waals surface area contributed by atoms with Crippen LogP contribution in [0.5, 0.6) is 5.75 Å². The molecular formula is C43H40BClN6O5. The van der Waals surface area contributed by atoms with Crippen molar-refractivity contribution in [3.63, 3.8) is 0 Å². The van der Waals surface area contributed by atoms with Gasteiger partial charge in [-0.2, -0.15) is 0 Å². The van der Waals surface area contributed by atoms with E-state index < -0.39 is 13.2 Å². The van der Waals surface area contributed by atoms with Crippen LogP contribution in [-0.2, 0) is 11.3 Å². The number of aryl methyl sites for hydroxylation is 1. The fourth-order valence-corrected chi connectivity index (χ4v) is 7.93. The van der Waals surface area contributed by atoms with Crippen molar-refractivity contribution in [3.05, 3.63) is 148 Å². The first-order valence-electron chi connectivity index (χ1n) is 18.6. The number of carbonyl (C=O) groups is 2. The van der Waals surface area contributed by atoms with Gasteiger partial charge in [0.1, 0.15) is 17.6 Å². The Hall–Kier alpha value is -5.82. The van der Waals surface area contributed by atoms with Crippen LogP contribution in [0.3, 0.4) is 0 Å². The smallest absolute Gasteiger partial charge is 0.488 e. The molecule has 6 aromatic rings. The van der Waals surface area contributed by atoms with Gasteiger partial charge in [-0.15, -0.1) is 10.2 Å². The molecule has 0 aliphatic carbocycles. The van der Waals surface area contributed by atoms with Crippen LogP contribution in [0, 0.1) is 6.92 Å². The van der Waals surface area contributed by atoms with Crippen molar-refractivity contribution in [3.8, 4) is 11.4 Å². The van der Waals surface area contributed by atoms with E-state index in [0.29, 0.717) is 64.2 Å². The molecule has 3 heterocycles. The van der Waals surface area contributed by atoms with Gasteiger partial charge in [-0.25, -0.2) is 0 Å². The normalized spacial score (nSPS) is 15.4. The summed E-state index contributed by atoms with van der Waals surface area (Å²) in [4.78, 5) is 34.4. The van der Waals surface area contributed by atoms with Crippen molar-refractivity contribution in [1.82, 2.24) is 25.0 Å². The highest BCUT2D eigenvalue weighted by molar-refractivity contribution is 6.59.